The van der Waals surface area contributed by atoms with Crippen LogP contribution in [0.5, 0.6) is 0 Å². The van der Waals surface area contributed by atoms with E-state index in [1.165, 1.54) is 5.56 Å². The van der Waals surface area contributed by atoms with Crippen LogP contribution in [0, 0.1) is 0 Å². The first kappa shape index (κ1) is 16.7. The molecule has 1 N–H and O–H groups in total. The van der Waals surface area contributed by atoms with Gasteiger partial charge < -0.3 is 5.32 Å². The minimum atomic E-state index is -0.219. The van der Waals surface area contributed by atoms with E-state index in [9.17, 15) is 4.79 Å². The van der Waals surface area contributed by atoms with Crippen LogP contribution in [0.1, 0.15) is 82.8 Å². The maximum atomic E-state index is 12.5. The largest absolute Gasteiger partial charge is 0.347 e. The van der Waals surface area contributed by atoms with Gasteiger partial charge >= 0.3 is 0 Å². The molecule has 0 heterocycles. The van der Waals surface area contributed by atoms with Crippen molar-refractivity contribution in [3.63, 3.8) is 0 Å². The van der Waals surface area contributed by atoms with Gasteiger partial charge in [-0.15, -0.1) is 0 Å². The first-order chi connectivity index (χ1) is 8.92. The first-order valence-electron chi connectivity index (χ1n) is 7.39. The summed E-state index contributed by atoms with van der Waals surface area (Å²) in [6.45, 7) is 16.8. The Bertz CT molecular complexity index is 487. The number of hydrogen-bond acceptors (Lipinski definition) is 1. The molecule has 0 saturated carbocycles. The second-order valence-electron chi connectivity index (χ2n) is 7.91. The molecule has 0 saturated heterocycles. The van der Waals surface area contributed by atoms with Crippen molar-refractivity contribution >= 4 is 5.91 Å². The summed E-state index contributed by atoms with van der Waals surface area (Å²) < 4.78 is 0. The van der Waals surface area contributed by atoms with Gasteiger partial charge in [0.1, 0.15) is 0 Å². The van der Waals surface area contributed by atoms with Gasteiger partial charge in [0, 0.05) is 11.1 Å². The number of nitrogens with one attached hydrogen (secondary N) is 1. The number of rotatable bonds is 2. The molecule has 1 aromatic carbocycles. The van der Waals surface area contributed by atoms with Gasteiger partial charge in [0.15, 0.2) is 0 Å². The van der Waals surface area contributed by atoms with Gasteiger partial charge in [-0.25, -0.2) is 0 Å². The van der Waals surface area contributed by atoms with Crippen molar-refractivity contribution in [2.24, 2.45) is 0 Å². The van der Waals surface area contributed by atoms with Gasteiger partial charge in [0.2, 0.25) is 0 Å². The lowest BCUT2D eigenvalue weighted by molar-refractivity contribution is 0.0917. The zero-order valence-corrected chi connectivity index (χ0v) is 14.2. The predicted molar refractivity (Wildman–Crippen MR) is 86.5 cm³/mol. The number of carbonyl (C=O) groups is 1. The quantitative estimate of drug-likeness (QED) is 0.837. The molecule has 0 aliphatic carbocycles. The first-order valence-corrected chi connectivity index (χ1v) is 7.39. The molecule has 0 unspecified atom stereocenters. The van der Waals surface area contributed by atoms with Crippen LogP contribution >= 0.6 is 0 Å². The van der Waals surface area contributed by atoms with Crippen molar-refractivity contribution in [2.45, 2.75) is 72.3 Å². The van der Waals surface area contributed by atoms with Crippen molar-refractivity contribution in [2.75, 3.05) is 0 Å². The Kier molecular flexibility index (Phi) is 4.68. The van der Waals surface area contributed by atoms with E-state index in [-0.39, 0.29) is 16.9 Å². The van der Waals surface area contributed by atoms with Crippen LogP contribution in [0.15, 0.2) is 18.2 Å². The van der Waals surface area contributed by atoms with Crippen LogP contribution in [0.4, 0.5) is 0 Å². The normalized spacial score (nSPS) is 12.7. The molecule has 20 heavy (non-hydrogen) atoms. The third kappa shape index (κ3) is 4.36. The molecule has 0 aliphatic rings. The fourth-order valence-electron chi connectivity index (χ4n) is 2.15. The summed E-state index contributed by atoms with van der Waals surface area (Å²) in [4.78, 5) is 12.5. The van der Waals surface area contributed by atoms with Gasteiger partial charge in [-0.05, 0) is 49.3 Å². The van der Waals surface area contributed by atoms with E-state index in [1.807, 2.05) is 26.8 Å². The maximum absolute atomic E-state index is 12.5. The van der Waals surface area contributed by atoms with E-state index >= 15 is 0 Å². The third-order valence-corrected chi connectivity index (χ3v) is 3.25. The lowest BCUT2D eigenvalue weighted by Crippen LogP contribution is -2.41. The van der Waals surface area contributed by atoms with Crippen molar-refractivity contribution in [1.29, 1.82) is 0 Å². The van der Waals surface area contributed by atoms with Gasteiger partial charge in [0.05, 0.1) is 0 Å². The Labute approximate surface area is 124 Å². The zero-order valence-electron chi connectivity index (χ0n) is 14.2. The summed E-state index contributed by atoms with van der Waals surface area (Å²) in [5, 5.41) is 3.06. The lowest BCUT2D eigenvalue weighted by atomic mass is 9.81. The summed E-state index contributed by atoms with van der Waals surface area (Å²) in [6.07, 6.45) is 0. The SMILES string of the molecule is CC(C)c1ccc(C(=O)NC(C)(C)C)c(C(C)(C)C)c1. The smallest absolute Gasteiger partial charge is 0.251 e. The van der Waals surface area contributed by atoms with Crippen LogP contribution in [0.25, 0.3) is 0 Å². The molecular formula is C18H29NO. The number of benzene rings is 1. The summed E-state index contributed by atoms with van der Waals surface area (Å²) in [7, 11) is 0. The van der Waals surface area contributed by atoms with Gasteiger partial charge in [-0.2, -0.15) is 0 Å². The molecule has 0 aliphatic heterocycles. The Morgan fingerprint density at radius 1 is 1.05 bits per heavy atom. The van der Waals surface area contributed by atoms with Crippen LogP contribution in [-0.4, -0.2) is 11.4 Å². The summed E-state index contributed by atoms with van der Waals surface area (Å²) in [6, 6.07) is 6.22. The van der Waals surface area contributed by atoms with Gasteiger partial charge in [-0.3, -0.25) is 4.79 Å². The number of carbonyl (C=O) groups excluding carboxylic acids is 1. The van der Waals surface area contributed by atoms with Crippen molar-refractivity contribution in [3.05, 3.63) is 34.9 Å². The molecule has 0 atom stereocenters. The molecule has 2 nitrogen and oxygen atoms in total. The van der Waals surface area contributed by atoms with Gasteiger partial charge in [-0.1, -0.05) is 46.8 Å². The van der Waals surface area contributed by atoms with E-state index in [0.29, 0.717) is 5.92 Å². The van der Waals surface area contributed by atoms with E-state index < -0.39 is 0 Å². The van der Waals surface area contributed by atoms with E-state index in [4.69, 9.17) is 0 Å². The lowest BCUT2D eigenvalue weighted by Gasteiger charge is -2.27. The average molecular weight is 275 g/mol. The van der Waals surface area contributed by atoms with Crippen molar-refractivity contribution in [3.8, 4) is 0 Å². The fraction of sp³-hybridized carbons (Fsp3) is 0.611. The molecule has 112 valence electrons. The molecular weight excluding hydrogens is 246 g/mol. The minimum Gasteiger partial charge on any atom is -0.347 e. The Morgan fingerprint density at radius 3 is 2.00 bits per heavy atom. The van der Waals surface area contributed by atoms with Crippen LogP contribution in [0.2, 0.25) is 0 Å². The molecule has 0 radical (unpaired) electrons. The summed E-state index contributed by atoms with van der Waals surface area (Å²) >= 11 is 0. The highest BCUT2D eigenvalue weighted by Crippen LogP contribution is 2.29. The zero-order chi connectivity index (χ0) is 15.7. The van der Waals surface area contributed by atoms with E-state index in [2.05, 4.69) is 52.1 Å². The van der Waals surface area contributed by atoms with Crippen LogP contribution in [-0.2, 0) is 5.41 Å². The highest BCUT2D eigenvalue weighted by atomic mass is 16.1. The highest BCUT2D eigenvalue weighted by Gasteiger charge is 2.24. The summed E-state index contributed by atoms with van der Waals surface area (Å²) in [5.41, 5.74) is 2.92. The Hall–Kier alpha value is -1.31. The second-order valence-corrected chi connectivity index (χ2v) is 7.91. The molecule has 0 aromatic heterocycles. The molecule has 2 heteroatoms. The number of amides is 1. The van der Waals surface area contributed by atoms with E-state index in [0.717, 1.165) is 11.1 Å². The summed E-state index contributed by atoms with van der Waals surface area (Å²) in [5.74, 6) is 0.480. The topological polar surface area (TPSA) is 29.1 Å². The molecule has 1 rings (SSSR count). The maximum Gasteiger partial charge on any atom is 0.251 e. The minimum absolute atomic E-state index is 0.0118. The monoisotopic (exact) mass is 275 g/mol. The van der Waals surface area contributed by atoms with E-state index in [1.54, 1.807) is 0 Å². The highest BCUT2D eigenvalue weighted by molar-refractivity contribution is 5.96. The number of hydrogen-bond donors (Lipinski definition) is 1. The standard InChI is InChI=1S/C18H29NO/c1-12(2)13-9-10-14(15(11-13)17(3,4)5)16(20)19-18(6,7)8/h9-12H,1-8H3,(H,19,20). The Morgan fingerprint density at radius 2 is 1.60 bits per heavy atom. The Balaban J connectivity index is 3.29. The van der Waals surface area contributed by atoms with Crippen LogP contribution < -0.4 is 5.32 Å². The second kappa shape index (κ2) is 5.59. The van der Waals surface area contributed by atoms with Gasteiger partial charge in [0.25, 0.3) is 5.91 Å². The molecule has 0 fully saturated rings. The molecule has 0 spiro atoms. The third-order valence-electron chi connectivity index (χ3n) is 3.25. The molecule has 0 bridgehead atoms. The molecule has 1 aromatic rings. The van der Waals surface area contributed by atoms with Crippen LogP contribution in [0.3, 0.4) is 0 Å². The predicted octanol–water partition coefficient (Wildman–Crippen LogP) is 4.64. The molecule has 1 amide bonds. The van der Waals surface area contributed by atoms with Crippen molar-refractivity contribution < 1.29 is 4.79 Å². The van der Waals surface area contributed by atoms with Crippen molar-refractivity contribution in [1.82, 2.24) is 5.32 Å². The average Bonchev–Trinajstić information content (AvgIpc) is 2.24. The fourth-order valence-corrected chi connectivity index (χ4v) is 2.15.